The summed E-state index contributed by atoms with van der Waals surface area (Å²) in [4.78, 5) is 32.2. The van der Waals surface area contributed by atoms with Crippen LogP contribution < -0.4 is 20.3 Å². The van der Waals surface area contributed by atoms with Gasteiger partial charge in [-0.3, -0.25) is 9.59 Å². The van der Waals surface area contributed by atoms with E-state index < -0.39 is 0 Å². The van der Waals surface area contributed by atoms with Gasteiger partial charge in [-0.05, 0) is 43.2 Å². The summed E-state index contributed by atoms with van der Waals surface area (Å²) in [7, 11) is 3.48. The van der Waals surface area contributed by atoms with Crippen LogP contribution in [0.5, 0.6) is 5.75 Å². The molecular weight excluding hydrogens is 406 g/mol. The Morgan fingerprint density at radius 1 is 1.12 bits per heavy atom. The lowest BCUT2D eigenvalue weighted by Gasteiger charge is -2.29. The molecule has 170 valence electrons. The van der Waals surface area contributed by atoms with Crippen molar-refractivity contribution in [1.82, 2.24) is 15.5 Å². The minimum atomic E-state index is -0.0273. The predicted octanol–water partition coefficient (Wildman–Crippen LogP) is 2.26. The normalized spacial score (nSPS) is 13.3. The molecule has 1 heterocycles. The number of aliphatic imine (C=N–C) groups is 1. The molecule has 0 fully saturated rings. The van der Waals surface area contributed by atoms with E-state index in [0.29, 0.717) is 25.2 Å². The highest BCUT2D eigenvalue weighted by Gasteiger charge is 2.24. The van der Waals surface area contributed by atoms with E-state index in [1.807, 2.05) is 55.5 Å². The highest BCUT2D eigenvalue weighted by Crippen LogP contribution is 2.31. The summed E-state index contributed by atoms with van der Waals surface area (Å²) >= 11 is 0. The highest BCUT2D eigenvalue weighted by atomic mass is 16.5. The molecule has 0 bridgehead atoms. The van der Waals surface area contributed by atoms with Crippen molar-refractivity contribution in [3.63, 3.8) is 0 Å². The number of nitrogens with zero attached hydrogens (tertiary/aromatic N) is 3. The summed E-state index contributed by atoms with van der Waals surface area (Å²) in [6.45, 7) is 4.62. The number of hydrogen-bond donors (Lipinski definition) is 2. The molecule has 2 amide bonds. The summed E-state index contributed by atoms with van der Waals surface area (Å²) in [5.41, 5.74) is 2.50. The van der Waals surface area contributed by atoms with Crippen LogP contribution in [0.3, 0.4) is 0 Å². The molecule has 0 atom stereocenters. The fraction of sp³-hybridized carbons (Fsp3) is 0.375. The first-order valence-corrected chi connectivity index (χ1v) is 10.8. The number of rotatable bonds is 8. The van der Waals surface area contributed by atoms with Gasteiger partial charge in [0.1, 0.15) is 5.75 Å². The van der Waals surface area contributed by atoms with Gasteiger partial charge in [0.2, 0.25) is 0 Å². The minimum Gasteiger partial charge on any atom is -0.482 e. The van der Waals surface area contributed by atoms with Crippen molar-refractivity contribution in [1.29, 1.82) is 0 Å². The zero-order chi connectivity index (χ0) is 22.9. The summed E-state index contributed by atoms with van der Waals surface area (Å²) in [5.74, 6) is 1.42. The largest absolute Gasteiger partial charge is 0.482 e. The van der Waals surface area contributed by atoms with Crippen LogP contribution in [0.4, 0.5) is 5.69 Å². The van der Waals surface area contributed by atoms with Gasteiger partial charge in [-0.25, -0.2) is 4.99 Å². The molecule has 0 radical (unpaired) electrons. The van der Waals surface area contributed by atoms with Crippen molar-refractivity contribution in [2.75, 3.05) is 45.2 Å². The van der Waals surface area contributed by atoms with Crippen molar-refractivity contribution in [3.05, 3.63) is 59.7 Å². The number of guanidine groups is 1. The molecule has 8 heteroatoms. The predicted molar refractivity (Wildman–Crippen MR) is 126 cm³/mol. The zero-order valence-electron chi connectivity index (χ0n) is 18.9. The number of anilines is 1. The van der Waals surface area contributed by atoms with Crippen LogP contribution in [-0.4, -0.2) is 63.0 Å². The molecule has 0 aromatic heterocycles. The van der Waals surface area contributed by atoms with Gasteiger partial charge in [-0.15, -0.1) is 0 Å². The van der Waals surface area contributed by atoms with Gasteiger partial charge in [0, 0.05) is 39.3 Å². The standard InChI is InChI=1S/C24H31N5O3/c1-4-25-24(27-16-18-10-12-19(13-11-18)23(31)28(2)3)26-14-7-15-29-20-8-5-6-9-21(20)32-17-22(29)30/h5-6,8-13H,4,7,14-17H2,1-3H3,(H2,25,26,27). The summed E-state index contributed by atoms with van der Waals surface area (Å²) in [6.07, 6.45) is 0.770. The molecule has 0 saturated carbocycles. The molecule has 2 aromatic carbocycles. The topological polar surface area (TPSA) is 86.3 Å². The van der Waals surface area contributed by atoms with E-state index in [-0.39, 0.29) is 18.4 Å². The number of hydrogen-bond acceptors (Lipinski definition) is 4. The lowest BCUT2D eigenvalue weighted by molar-refractivity contribution is -0.121. The molecule has 0 spiro atoms. The Hall–Kier alpha value is -3.55. The minimum absolute atomic E-state index is 0.0172. The lowest BCUT2D eigenvalue weighted by Crippen LogP contribution is -2.42. The third kappa shape index (κ3) is 6.00. The Balaban J connectivity index is 1.52. The van der Waals surface area contributed by atoms with Gasteiger partial charge < -0.3 is 25.2 Å². The van der Waals surface area contributed by atoms with Crippen LogP contribution in [0.15, 0.2) is 53.5 Å². The Bertz CT molecular complexity index is 956. The second-order valence-corrected chi connectivity index (χ2v) is 7.67. The van der Waals surface area contributed by atoms with Crippen LogP contribution in [0.2, 0.25) is 0 Å². The highest BCUT2D eigenvalue weighted by molar-refractivity contribution is 5.97. The van der Waals surface area contributed by atoms with Gasteiger partial charge in [-0.2, -0.15) is 0 Å². The molecule has 8 nitrogen and oxygen atoms in total. The van der Waals surface area contributed by atoms with E-state index in [1.54, 1.807) is 23.9 Å². The maximum atomic E-state index is 12.3. The first-order valence-electron chi connectivity index (χ1n) is 10.8. The summed E-state index contributed by atoms with van der Waals surface area (Å²) < 4.78 is 5.49. The van der Waals surface area contributed by atoms with Gasteiger partial charge >= 0.3 is 0 Å². The Morgan fingerprint density at radius 2 is 1.88 bits per heavy atom. The van der Waals surface area contributed by atoms with Gasteiger partial charge in [0.25, 0.3) is 11.8 Å². The number of nitrogens with one attached hydrogen (secondary N) is 2. The SMILES string of the molecule is CCNC(=NCc1ccc(C(=O)N(C)C)cc1)NCCCN1C(=O)COc2ccccc21. The van der Waals surface area contributed by atoms with Crippen LogP contribution in [0.1, 0.15) is 29.3 Å². The van der Waals surface area contributed by atoms with Crippen LogP contribution in [-0.2, 0) is 11.3 Å². The number of amides is 2. The number of fused-ring (bicyclic) bond motifs is 1. The average Bonchev–Trinajstić information content (AvgIpc) is 2.81. The third-order valence-corrected chi connectivity index (χ3v) is 5.03. The summed E-state index contributed by atoms with van der Waals surface area (Å²) in [6, 6.07) is 15.1. The lowest BCUT2D eigenvalue weighted by atomic mass is 10.1. The Labute approximate surface area is 189 Å². The molecule has 2 N–H and O–H groups in total. The van der Waals surface area contributed by atoms with Gasteiger partial charge in [0.05, 0.1) is 12.2 Å². The summed E-state index contributed by atoms with van der Waals surface area (Å²) in [5, 5.41) is 6.56. The van der Waals surface area contributed by atoms with E-state index in [1.165, 1.54) is 0 Å². The van der Waals surface area contributed by atoms with E-state index in [4.69, 9.17) is 4.74 Å². The number of carbonyl (C=O) groups is 2. The molecule has 2 aromatic rings. The van der Waals surface area contributed by atoms with E-state index in [0.717, 1.165) is 35.9 Å². The van der Waals surface area contributed by atoms with Gasteiger partial charge in [-0.1, -0.05) is 24.3 Å². The fourth-order valence-corrected chi connectivity index (χ4v) is 3.37. The van der Waals surface area contributed by atoms with Crippen molar-refractivity contribution in [2.24, 2.45) is 4.99 Å². The van der Waals surface area contributed by atoms with Crippen LogP contribution in [0.25, 0.3) is 0 Å². The van der Waals surface area contributed by atoms with Crippen molar-refractivity contribution in [2.45, 2.75) is 19.9 Å². The van der Waals surface area contributed by atoms with Crippen molar-refractivity contribution in [3.8, 4) is 5.75 Å². The maximum Gasteiger partial charge on any atom is 0.265 e. The molecule has 0 unspecified atom stereocenters. The molecule has 1 aliphatic heterocycles. The van der Waals surface area contributed by atoms with Crippen LogP contribution in [0, 0.1) is 0 Å². The second kappa shape index (κ2) is 11.2. The molecule has 32 heavy (non-hydrogen) atoms. The first kappa shape index (κ1) is 23.1. The third-order valence-electron chi connectivity index (χ3n) is 5.03. The van der Waals surface area contributed by atoms with E-state index in [9.17, 15) is 9.59 Å². The molecule has 0 aliphatic carbocycles. The Morgan fingerprint density at radius 3 is 2.59 bits per heavy atom. The monoisotopic (exact) mass is 437 g/mol. The zero-order valence-corrected chi connectivity index (χ0v) is 18.9. The molecule has 3 rings (SSSR count). The van der Waals surface area contributed by atoms with E-state index >= 15 is 0 Å². The second-order valence-electron chi connectivity index (χ2n) is 7.67. The average molecular weight is 438 g/mol. The van der Waals surface area contributed by atoms with Crippen molar-refractivity contribution < 1.29 is 14.3 Å². The molecular formula is C24H31N5O3. The molecule has 0 saturated heterocycles. The number of benzene rings is 2. The Kier molecular flexibility index (Phi) is 8.08. The smallest absolute Gasteiger partial charge is 0.265 e. The van der Waals surface area contributed by atoms with Crippen molar-refractivity contribution >= 4 is 23.5 Å². The molecule has 1 aliphatic rings. The quantitative estimate of drug-likeness (QED) is 0.376. The number of para-hydroxylation sites is 2. The number of carbonyl (C=O) groups excluding carboxylic acids is 2. The van der Waals surface area contributed by atoms with Gasteiger partial charge in [0.15, 0.2) is 12.6 Å². The van der Waals surface area contributed by atoms with Crippen LogP contribution >= 0.6 is 0 Å². The van der Waals surface area contributed by atoms with E-state index in [2.05, 4.69) is 15.6 Å². The number of ether oxygens (including phenoxy) is 1. The fourth-order valence-electron chi connectivity index (χ4n) is 3.37. The first-order chi connectivity index (χ1) is 15.5. The maximum absolute atomic E-state index is 12.3.